The third kappa shape index (κ3) is 22.7. The fraction of sp³-hybridized carbons (Fsp3) is 0.657. The smallest absolute Gasteiger partial charge is 0.294 e. The zero-order chi connectivity index (χ0) is 40.5. The molecule has 0 aliphatic carbocycles. The summed E-state index contributed by atoms with van der Waals surface area (Å²) in [5.41, 5.74) is 5.03. The van der Waals surface area contributed by atoms with Gasteiger partial charge in [0, 0.05) is 29.4 Å². The Balaban J connectivity index is 1.78. The minimum atomic E-state index is -0.841. The Labute approximate surface area is 340 Å². The minimum Gasteiger partial charge on any atom is -0.490 e. The molecule has 0 radical (unpaired) electrons. The Hall–Kier alpha value is -2.50. The van der Waals surface area contributed by atoms with Crippen molar-refractivity contribution in [3.8, 4) is 29.3 Å². The largest absolute Gasteiger partial charge is 0.490 e. The summed E-state index contributed by atoms with van der Waals surface area (Å²) in [5, 5.41) is 15.4. The quantitative estimate of drug-likeness (QED) is 0.0234. The number of benzene rings is 1. The van der Waals surface area contributed by atoms with Crippen molar-refractivity contribution in [2.45, 2.75) is 81.0 Å². The van der Waals surface area contributed by atoms with Gasteiger partial charge in [-0.15, -0.1) is 16.0 Å². The highest BCUT2D eigenvalue weighted by Crippen LogP contribution is 2.38. The zero-order valence-electron chi connectivity index (χ0n) is 32.2. The molecule has 6 atom stereocenters. The average Bonchev–Trinajstić information content (AvgIpc) is 3.53. The maximum atomic E-state index is 12.3. The predicted molar refractivity (Wildman–Crippen MR) is 222 cm³/mol. The molecule has 0 saturated carbocycles. The lowest BCUT2D eigenvalue weighted by molar-refractivity contribution is -0.758. The SMILES string of the molecule is CC#CC(C)OCC1O[C@@H](BC#CCNC(=O)COCCOC(COc2cccc(C(=O)NCCN)c2)SSC(C)(C)C)C[C@H]1O[C@@H](CO[N+](=O)[O-])SSC. The lowest BCUT2D eigenvalue weighted by Gasteiger charge is -2.24. The predicted octanol–water partition coefficient (Wildman–Crippen LogP) is 3.28. The van der Waals surface area contributed by atoms with Crippen LogP contribution in [0.5, 0.6) is 5.75 Å². The molecule has 0 bridgehead atoms. The van der Waals surface area contributed by atoms with Gasteiger partial charge in [0.1, 0.15) is 48.7 Å². The van der Waals surface area contributed by atoms with E-state index < -0.39 is 22.7 Å². The summed E-state index contributed by atoms with van der Waals surface area (Å²) in [5.74, 6) is 11.7. The number of ether oxygens (including phenoxy) is 6. The zero-order valence-corrected chi connectivity index (χ0v) is 35.5. The molecule has 2 rings (SSSR count). The Morgan fingerprint density at radius 1 is 1.16 bits per heavy atom. The number of carbonyl (C=O) groups is 2. The van der Waals surface area contributed by atoms with Gasteiger partial charge in [0.15, 0.2) is 0 Å². The molecule has 1 aromatic rings. The van der Waals surface area contributed by atoms with E-state index in [0.29, 0.717) is 38.1 Å². The van der Waals surface area contributed by atoms with E-state index in [9.17, 15) is 19.7 Å². The van der Waals surface area contributed by atoms with Crippen molar-refractivity contribution in [1.29, 1.82) is 0 Å². The fourth-order valence-electron chi connectivity index (χ4n) is 4.55. The van der Waals surface area contributed by atoms with Gasteiger partial charge in [0.25, 0.3) is 11.0 Å². The van der Waals surface area contributed by atoms with Crippen molar-refractivity contribution < 1.29 is 47.9 Å². The standard InChI is InChI=1S/C35H53BN4O11S4/c1-7-10-25(2)47-21-29-28(51-33(53-52-6)24-49-40(43)44)20-30(50-29)36-13-9-15-38-31(41)22-45-17-18-46-32(54-55-35(3,4)5)23-48-27-12-8-11-26(19-27)34(42)39-16-14-37/h8,11-12,19,25,28-30,32-33,36H,14-18,20-24,37H2,1-6H3,(H,38,41)(H,39,42)/t25?,28-,29?,30-,32?,33-/m1/s1. The molecular formula is C35H53BN4O11S4. The Morgan fingerprint density at radius 3 is 2.67 bits per heavy atom. The molecule has 1 aliphatic rings. The molecule has 20 heteroatoms. The molecule has 1 aliphatic heterocycles. The number of nitrogens with two attached hydrogens (primary N) is 1. The third-order valence-corrected chi connectivity index (χ3v) is 12.3. The molecule has 0 aromatic heterocycles. The fourth-order valence-corrected chi connectivity index (χ4v) is 8.21. The van der Waals surface area contributed by atoms with Crippen LogP contribution in [0.15, 0.2) is 24.3 Å². The van der Waals surface area contributed by atoms with Crippen LogP contribution >= 0.6 is 43.2 Å². The van der Waals surface area contributed by atoms with Gasteiger partial charge < -0.3 is 49.6 Å². The van der Waals surface area contributed by atoms with E-state index in [1.807, 2.05) is 13.2 Å². The molecule has 306 valence electrons. The summed E-state index contributed by atoms with van der Waals surface area (Å²) >= 11 is 0. The van der Waals surface area contributed by atoms with Crippen LogP contribution in [-0.2, 0) is 33.3 Å². The van der Waals surface area contributed by atoms with E-state index in [-0.39, 0.29) is 80.3 Å². The van der Waals surface area contributed by atoms with Crippen molar-refractivity contribution in [2.75, 3.05) is 65.5 Å². The first-order chi connectivity index (χ1) is 26.3. The van der Waals surface area contributed by atoms with Crippen LogP contribution in [0.3, 0.4) is 0 Å². The second kappa shape index (κ2) is 28.0. The second-order valence-corrected chi connectivity index (χ2v) is 18.5. The molecule has 3 unspecified atom stereocenters. The third-order valence-electron chi connectivity index (χ3n) is 6.89. The topological polar surface area (TPSA) is 192 Å². The van der Waals surface area contributed by atoms with E-state index in [0.717, 1.165) is 0 Å². The normalized spacial score (nSPS) is 18.1. The van der Waals surface area contributed by atoms with Crippen LogP contribution in [0.25, 0.3) is 0 Å². The first-order valence-electron chi connectivity index (χ1n) is 17.6. The molecule has 1 fully saturated rings. The molecule has 4 N–H and O–H groups in total. The molecule has 1 saturated heterocycles. The van der Waals surface area contributed by atoms with E-state index in [4.69, 9.17) is 34.2 Å². The molecule has 2 amide bonds. The lowest BCUT2D eigenvalue weighted by Crippen LogP contribution is -2.34. The maximum Gasteiger partial charge on any atom is 0.294 e. The number of hydrogen-bond acceptors (Lipinski definition) is 16. The molecule has 15 nitrogen and oxygen atoms in total. The molecular weight excluding hydrogens is 791 g/mol. The summed E-state index contributed by atoms with van der Waals surface area (Å²) in [6, 6.07) is 6.65. The van der Waals surface area contributed by atoms with Crippen LogP contribution in [0.2, 0.25) is 0 Å². The summed E-state index contributed by atoms with van der Waals surface area (Å²) in [6.07, 6.45) is 1.24. The van der Waals surface area contributed by atoms with Crippen molar-refractivity contribution in [1.82, 2.24) is 10.6 Å². The van der Waals surface area contributed by atoms with E-state index >= 15 is 0 Å². The summed E-state index contributed by atoms with van der Waals surface area (Å²) in [4.78, 5) is 39.9. The van der Waals surface area contributed by atoms with Crippen molar-refractivity contribution >= 4 is 62.3 Å². The van der Waals surface area contributed by atoms with Gasteiger partial charge in [-0.1, -0.05) is 81.9 Å². The number of amides is 2. The molecule has 0 spiro atoms. The van der Waals surface area contributed by atoms with Crippen LogP contribution in [0, 0.1) is 33.7 Å². The molecule has 1 aromatic carbocycles. The number of nitrogens with one attached hydrogen (secondary N) is 2. The van der Waals surface area contributed by atoms with Gasteiger partial charge in [0.2, 0.25) is 13.2 Å². The van der Waals surface area contributed by atoms with Crippen molar-refractivity contribution in [2.24, 2.45) is 5.73 Å². The first kappa shape index (κ1) is 48.7. The van der Waals surface area contributed by atoms with E-state index in [1.165, 1.54) is 21.6 Å². The Bertz CT molecular complexity index is 1440. The highest BCUT2D eigenvalue weighted by atomic mass is 33.1. The summed E-state index contributed by atoms with van der Waals surface area (Å²) < 4.78 is 35.7. The van der Waals surface area contributed by atoms with Crippen LogP contribution in [0.4, 0.5) is 0 Å². The number of carbonyl (C=O) groups excluding carboxylic acids is 2. The van der Waals surface area contributed by atoms with Crippen molar-refractivity contribution in [3.05, 3.63) is 39.9 Å². The number of nitrogens with zero attached hydrogens (tertiary/aromatic N) is 1. The van der Waals surface area contributed by atoms with Crippen LogP contribution in [0.1, 0.15) is 51.4 Å². The summed E-state index contributed by atoms with van der Waals surface area (Å²) in [7, 11) is 6.33. The van der Waals surface area contributed by atoms with Gasteiger partial charge in [-0.05, 0) is 44.7 Å². The van der Waals surface area contributed by atoms with Gasteiger partial charge in [-0.3, -0.25) is 9.59 Å². The lowest BCUT2D eigenvalue weighted by atomic mass is 9.71. The maximum absolute atomic E-state index is 12.3. The van der Waals surface area contributed by atoms with Gasteiger partial charge in [-0.25, -0.2) is 0 Å². The average molecular weight is 845 g/mol. The Morgan fingerprint density at radius 2 is 1.96 bits per heavy atom. The molecule has 1 heterocycles. The van der Waals surface area contributed by atoms with Crippen LogP contribution in [-0.4, -0.2) is 130 Å². The number of hydrogen-bond donors (Lipinski definition) is 3. The summed E-state index contributed by atoms with van der Waals surface area (Å²) in [6.45, 7) is 11.3. The van der Waals surface area contributed by atoms with Crippen molar-refractivity contribution in [3.63, 3.8) is 0 Å². The van der Waals surface area contributed by atoms with E-state index in [2.05, 4.69) is 59.8 Å². The number of rotatable bonds is 26. The first-order valence-corrected chi connectivity index (χ1v) is 22.5. The highest BCUT2D eigenvalue weighted by molar-refractivity contribution is 8.77. The van der Waals surface area contributed by atoms with Gasteiger partial charge >= 0.3 is 0 Å². The molecule has 55 heavy (non-hydrogen) atoms. The van der Waals surface area contributed by atoms with Gasteiger partial charge in [-0.2, -0.15) is 5.82 Å². The van der Waals surface area contributed by atoms with Gasteiger partial charge in [0.05, 0.1) is 32.5 Å². The highest BCUT2D eigenvalue weighted by Gasteiger charge is 2.38. The van der Waals surface area contributed by atoms with Crippen LogP contribution < -0.4 is 21.1 Å². The second-order valence-electron chi connectivity index (χ2n) is 12.7. The Kier molecular flexibility index (Phi) is 24.8. The minimum absolute atomic E-state index is 0.0137. The van der Waals surface area contributed by atoms with E-state index in [1.54, 1.807) is 52.8 Å². The monoisotopic (exact) mass is 844 g/mol.